The number of nitriles is 1. The van der Waals surface area contributed by atoms with Crippen LogP contribution in [0.2, 0.25) is 5.02 Å². The molecule has 0 radical (unpaired) electrons. The first-order chi connectivity index (χ1) is 10.0. The Labute approximate surface area is 128 Å². The molecule has 2 aromatic rings. The van der Waals surface area contributed by atoms with Gasteiger partial charge in [0.25, 0.3) is 0 Å². The number of aromatic nitrogens is 2. The lowest BCUT2D eigenvalue weighted by Gasteiger charge is -2.15. The molecule has 0 aliphatic carbocycles. The second-order valence-corrected chi connectivity index (χ2v) is 5.07. The maximum Gasteiger partial charge on any atom is 0.167 e. The van der Waals surface area contributed by atoms with Crippen LogP contribution in [0.3, 0.4) is 0 Å². The number of rotatable bonds is 4. The fourth-order valence-electron chi connectivity index (χ4n) is 1.92. The first kappa shape index (κ1) is 15.2. The van der Waals surface area contributed by atoms with Crippen LogP contribution in [0.4, 0.5) is 5.82 Å². The van der Waals surface area contributed by atoms with Crippen molar-refractivity contribution in [3.8, 4) is 6.07 Å². The second kappa shape index (κ2) is 6.53. The Hall–Kier alpha value is -2.16. The maximum absolute atomic E-state index is 10.2. The smallest absolute Gasteiger partial charge is 0.167 e. The first-order valence-corrected chi connectivity index (χ1v) is 6.82. The van der Waals surface area contributed by atoms with Gasteiger partial charge in [0.15, 0.2) is 5.82 Å². The fourth-order valence-corrected chi connectivity index (χ4v) is 2.18. The lowest BCUT2D eigenvalue weighted by atomic mass is 10.1. The zero-order valence-corrected chi connectivity index (χ0v) is 12.5. The third-order valence-corrected chi connectivity index (χ3v) is 3.64. The van der Waals surface area contributed by atoms with Crippen LogP contribution in [-0.2, 0) is 0 Å². The molecule has 0 amide bonds. The molecule has 0 saturated carbocycles. The quantitative estimate of drug-likeness (QED) is 0.907. The van der Waals surface area contributed by atoms with Gasteiger partial charge in [0.2, 0.25) is 0 Å². The van der Waals surface area contributed by atoms with Crippen molar-refractivity contribution in [1.82, 2.24) is 10.2 Å². The molecular formula is C15H15ClN4O. The van der Waals surface area contributed by atoms with E-state index in [-0.39, 0.29) is 6.54 Å². The molecule has 1 heterocycles. The van der Waals surface area contributed by atoms with E-state index >= 15 is 0 Å². The Kier molecular flexibility index (Phi) is 4.73. The molecule has 108 valence electrons. The molecule has 0 spiro atoms. The average molecular weight is 303 g/mol. The normalized spacial score (nSPS) is 11.8. The van der Waals surface area contributed by atoms with Gasteiger partial charge in [0, 0.05) is 17.1 Å². The van der Waals surface area contributed by atoms with E-state index in [0.717, 1.165) is 5.56 Å². The van der Waals surface area contributed by atoms with Crippen LogP contribution < -0.4 is 5.32 Å². The molecule has 21 heavy (non-hydrogen) atoms. The Morgan fingerprint density at radius 1 is 1.33 bits per heavy atom. The summed E-state index contributed by atoms with van der Waals surface area (Å²) in [7, 11) is 0. The van der Waals surface area contributed by atoms with Crippen molar-refractivity contribution in [2.45, 2.75) is 20.0 Å². The van der Waals surface area contributed by atoms with Crippen LogP contribution in [0.25, 0.3) is 0 Å². The predicted molar refractivity (Wildman–Crippen MR) is 81.1 cm³/mol. The minimum absolute atomic E-state index is 0.190. The Balaban J connectivity index is 2.16. The van der Waals surface area contributed by atoms with Gasteiger partial charge in [-0.1, -0.05) is 29.8 Å². The summed E-state index contributed by atoms with van der Waals surface area (Å²) in [5.41, 5.74) is 2.56. The number of hydrogen-bond acceptors (Lipinski definition) is 5. The van der Waals surface area contributed by atoms with Crippen LogP contribution in [0.15, 0.2) is 24.3 Å². The van der Waals surface area contributed by atoms with Crippen molar-refractivity contribution >= 4 is 17.4 Å². The van der Waals surface area contributed by atoms with Gasteiger partial charge >= 0.3 is 0 Å². The van der Waals surface area contributed by atoms with Gasteiger partial charge in [-0.05, 0) is 25.5 Å². The molecule has 1 aromatic carbocycles. The number of hydrogen-bond donors (Lipinski definition) is 2. The standard InChI is InChI=1S/C15H15ClN4O/c1-9-10(2)19-20-15(12(9)7-17)18-8-14(21)11-5-3-4-6-13(11)16/h3-6,14,21H,8H2,1-2H3,(H,18,20). The van der Waals surface area contributed by atoms with Crippen LogP contribution in [0.5, 0.6) is 0 Å². The number of aryl methyl sites for hydroxylation is 1. The summed E-state index contributed by atoms with van der Waals surface area (Å²) in [6, 6.07) is 9.19. The highest BCUT2D eigenvalue weighted by Gasteiger charge is 2.14. The molecule has 6 heteroatoms. The molecule has 1 aromatic heterocycles. The van der Waals surface area contributed by atoms with E-state index in [4.69, 9.17) is 11.6 Å². The summed E-state index contributed by atoms with van der Waals surface area (Å²) in [5.74, 6) is 0.367. The monoisotopic (exact) mass is 302 g/mol. The third-order valence-electron chi connectivity index (χ3n) is 3.29. The molecule has 5 nitrogen and oxygen atoms in total. The van der Waals surface area contributed by atoms with E-state index < -0.39 is 6.10 Å². The van der Waals surface area contributed by atoms with Gasteiger partial charge in [0.1, 0.15) is 11.6 Å². The highest BCUT2D eigenvalue weighted by Crippen LogP contribution is 2.23. The number of anilines is 1. The Morgan fingerprint density at radius 2 is 2.05 bits per heavy atom. The third kappa shape index (κ3) is 3.30. The van der Waals surface area contributed by atoms with Crippen molar-refractivity contribution in [2.75, 3.05) is 11.9 Å². The van der Waals surface area contributed by atoms with Gasteiger partial charge in [0.05, 0.1) is 11.8 Å². The first-order valence-electron chi connectivity index (χ1n) is 6.45. The number of aliphatic hydroxyl groups excluding tert-OH is 1. The van der Waals surface area contributed by atoms with E-state index in [1.54, 1.807) is 31.2 Å². The average Bonchev–Trinajstić information content (AvgIpc) is 2.48. The molecule has 1 atom stereocenters. The van der Waals surface area contributed by atoms with E-state index in [9.17, 15) is 10.4 Å². The van der Waals surface area contributed by atoms with Gasteiger partial charge in [-0.3, -0.25) is 0 Å². The van der Waals surface area contributed by atoms with E-state index in [0.29, 0.717) is 27.7 Å². The molecule has 0 bridgehead atoms. The summed E-state index contributed by atoms with van der Waals surface area (Å²) in [6.45, 7) is 3.80. The van der Waals surface area contributed by atoms with Crippen molar-refractivity contribution in [2.24, 2.45) is 0 Å². The van der Waals surface area contributed by atoms with Crippen LogP contribution in [0, 0.1) is 25.2 Å². The second-order valence-electron chi connectivity index (χ2n) is 4.66. The predicted octanol–water partition coefficient (Wildman–Crippen LogP) is 2.76. The highest BCUT2D eigenvalue weighted by molar-refractivity contribution is 6.31. The van der Waals surface area contributed by atoms with E-state index in [1.165, 1.54) is 0 Å². The SMILES string of the molecule is Cc1nnc(NCC(O)c2ccccc2Cl)c(C#N)c1C. The summed E-state index contributed by atoms with van der Waals surface area (Å²) in [5, 5.41) is 30.8. The molecule has 1 unspecified atom stereocenters. The van der Waals surface area contributed by atoms with E-state index in [1.807, 2.05) is 6.92 Å². The molecular weight excluding hydrogens is 288 g/mol. The zero-order valence-electron chi connectivity index (χ0n) is 11.8. The van der Waals surface area contributed by atoms with Gasteiger partial charge < -0.3 is 10.4 Å². The molecule has 0 saturated heterocycles. The largest absolute Gasteiger partial charge is 0.387 e. The van der Waals surface area contributed by atoms with Crippen molar-refractivity contribution in [3.05, 3.63) is 51.7 Å². The minimum Gasteiger partial charge on any atom is -0.387 e. The summed E-state index contributed by atoms with van der Waals surface area (Å²) in [6.07, 6.45) is -0.798. The Morgan fingerprint density at radius 3 is 2.71 bits per heavy atom. The molecule has 2 rings (SSSR count). The minimum atomic E-state index is -0.798. The number of halogens is 1. The molecule has 0 aliphatic rings. The highest BCUT2D eigenvalue weighted by atomic mass is 35.5. The number of aliphatic hydroxyl groups is 1. The fraction of sp³-hybridized carbons (Fsp3) is 0.267. The maximum atomic E-state index is 10.2. The van der Waals surface area contributed by atoms with Crippen LogP contribution in [-0.4, -0.2) is 21.8 Å². The lowest BCUT2D eigenvalue weighted by Crippen LogP contribution is -2.15. The number of benzene rings is 1. The van der Waals surface area contributed by atoms with Gasteiger partial charge in [-0.2, -0.15) is 10.4 Å². The van der Waals surface area contributed by atoms with Crippen molar-refractivity contribution in [1.29, 1.82) is 5.26 Å². The summed E-state index contributed by atoms with van der Waals surface area (Å²) in [4.78, 5) is 0. The topological polar surface area (TPSA) is 81.8 Å². The van der Waals surface area contributed by atoms with Crippen molar-refractivity contribution in [3.63, 3.8) is 0 Å². The van der Waals surface area contributed by atoms with Crippen LogP contribution >= 0.6 is 11.6 Å². The van der Waals surface area contributed by atoms with Gasteiger partial charge in [-0.25, -0.2) is 0 Å². The number of nitrogens with one attached hydrogen (secondary N) is 1. The van der Waals surface area contributed by atoms with Crippen LogP contribution in [0.1, 0.15) is 28.5 Å². The lowest BCUT2D eigenvalue weighted by molar-refractivity contribution is 0.191. The van der Waals surface area contributed by atoms with E-state index in [2.05, 4.69) is 21.6 Å². The molecule has 0 fully saturated rings. The van der Waals surface area contributed by atoms with Gasteiger partial charge in [-0.15, -0.1) is 5.10 Å². The summed E-state index contributed by atoms with van der Waals surface area (Å²) >= 11 is 6.04. The summed E-state index contributed by atoms with van der Waals surface area (Å²) < 4.78 is 0. The molecule has 0 aliphatic heterocycles. The number of nitrogens with zero attached hydrogens (tertiary/aromatic N) is 3. The zero-order chi connectivity index (χ0) is 15.4. The Bertz CT molecular complexity index is 697. The van der Waals surface area contributed by atoms with Crippen molar-refractivity contribution < 1.29 is 5.11 Å². The molecule has 2 N–H and O–H groups in total.